The Morgan fingerprint density at radius 3 is 2.04 bits per heavy atom. The minimum Gasteiger partial charge on any atom is -0.325 e. The summed E-state index contributed by atoms with van der Waals surface area (Å²) >= 11 is 12.6. The van der Waals surface area contributed by atoms with Crippen molar-refractivity contribution >= 4 is 40.6 Å². The number of benzene rings is 2. The number of halogens is 2. The Labute approximate surface area is 144 Å². The lowest BCUT2D eigenvalue weighted by molar-refractivity contribution is -0.118. The topological polar surface area (TPSA) is 46.2 Å². The lowest BCUT2D eigenvalue weighted by atomic mass is 9.94. The lowest BCUT2D eigenvalue weighted by Gasteiger charge is -2.18. The van der Waals surface area contributed by atoms with E-state index in [1.165, 1.54) is 6.92 Å². The van der Waals surface area contributed by atoms with Crippen molar-refractivity contribution in [1.82, 2.24) is 0 Å². The van der Waals surface area contributed by atoms with Crippen molar-refractivity contribution in [1.29, 1.82) is 0 Å². The third kappa shape index (κ3) is 2.75. The summed E-state index contributed by atoms with van der Waals surface area (Å²) in [7, 11) is 0. The Morgan fingerprint density at radius 2 is 1.57 bits per heavy atom. The van der Waals surface area contributed by atoms with E-state index in [0.29, 0.717) is 17.7 Å². The van der Waals surface area contributed by atoms with Gasteiger partial charge in [0.25, 0.3) is 0 Å². The quantitative estimate of drug-likeness (QED) is 0.660. The van der Waals surface area contributed by atoms with Gasteiger partial charge >= 0.3 is 0 Å². The van der Waals surface area contributed by atoms with Crippen LogP contribution in [0, 0.1) is 0 Å². The van der Waals surface area contributed by atoms with Crippen molar-refractivity contribution in [3.63, 3.8) is 0 Å². The van der Waals surface area contributed by atoms with Crippen LogP contribution in [0.3, 0.4) is 0 Å². The zero-order chi connectivity index (χ0) is 16.7. The third-order valence-corrected chi connectivity index (χ3v) is 5.10. The Bertz CT molecular complexity index is 756. The van der Waals surface area contributed by atoms with Crippen molar-refractivity contribution in [3.8, 4) is 0 Å². The van der Waals surface area contributed by atoms with E-state index in [1.807, 2.05) is 30.3 Å². The van der Waals surface area contributed by atoms with Gasteiger partial charge in [0.1, 0.15) is 9.75 Å². The van der Waals surface area contributed by atoms with Crippen LogP contribution in [-0.2, 0) is 10.2 Å². The van der Waals surface area contributed by atoms with Crippen LogP contribution >= 0.6 is 23.2 Å². The molecule has 0 aromatic heterocycles. The molecule has 1 amide bonds. The summed E-state index contributed by atoms with van der Waals surface area (Å²) in [5.41, 5.74) is 1.04. The number of carbonyl (C=O) groups is 2. The van der Waals surface area contributed by atoms with Gasteiger partial charge in [0, 0.05) is 17.7 Å². The second-order valence-corrected chi connectivity index (χ2v) is 7.22. The van der Waals surface area contributed by atoms with Crippen LogP contribution in [0.4, 0.5) is 5.69 Å². The highest BCUT2D eigenvalue weighted by Gasteiger charge is 2.72. The Hall–Kier alpha value is -1.84. The maximum atomic E-state index is 12.8. The van der Waals surface area contributed by atoms with Gasteiger partial charge in [0.2, 0.25) is 5.91 Å². The molecular formula is C18H15Cl2NO2. The fourth-order valence-corrected chi connectivity index (χ4v) is 3.52. The maximum absolute atomic E-state index is 12.8. The molecular weight excluding hydrogens is 333 g/mol. The molecule has 1 aliphatic rings. The van der Waals surface area contributed by atoms with E-state index in [-0.39, 0.29) is 11.7 Å². The number of Topliss-reactive ketones (excluding diaryl/α,β-unsaturated/α-hetero) is 1. The van der Waals surface area contributed by atoms with Gasteiger partial charge in [0.15, 0.2) is 5.78 Å². The Morgan fingerprint density at radius 1 is 1.00 bits per heavy atom. The van der Waals surface area contributed by atoms with E-state index < -0.39 is 9.75 Å². The molecule has 3 rings (SSSR count). The predicted octanol–water partition coefficient (Wildman–Crippen LogP) is 4.34. The van der Waals surface area contributed by atoms with E-state index in [4.69, 9.17) is 23.2 Å². The van der Waals surface area contributed by atoms with E-state index >= 15 is 0 Å². The summed E-state index contributed by atoms with van der Waals surface area (Å²) in [6, 6.07) is 16.0. The number of ketones is 1. The van der Waals surface area contributed by atoms with Crippen LogP contribution in [0.1, 0.15) is 29.3 Å². The predicted molar refractivity (Wildman–Crippen MR) is 92.3 cm³/mol. The number of carbonyl (C=O) groups excluding carboxylic acids is 2. The number of rotatable bonds is 4. The molecule has 5 heteroatoms. The minimum atomic E-state index is -1.11. The van der Waals surface area contributed by atoms with E-state index in [1.54, 1.807) is 24.3 Å². The standard InChI is InChI=1S/C18H15Cl2NO2/c1-12(22)13-7-9-15(10-8-13)21-16(23)17(11-18(17,19)20)14-5-3-2-4-6-14/h2-10H,11H2,1H3,(H,21,23)/t17-/m0/s1. The molecule has 1 fully saturated rings. The number of nitrogens with one attached hydrogen (secondary N) is 1. The number of hydrogen-bond donors (Lipinski definition) is 1. The first kappa shape index (κ1) is 16.0. The second kappa shape index (κ2) is 5.66. The highest BCUT2D eigenvalue weighted by Crippen LogP contribution is 2.65. The second-order valence-electron chi connectivity index (χ2n) is 5.74. The van der Waals surface area contributed by atoms with Gasteiger partial charge in [-0.2, -0.15) is 0 Å². The molecule has 23 heavy (non-hydrogen) atoms. The highest BCUT2D eigenvalue weighted by molar-refractivity contribution is 6.54. The van der Waals surface area contributed by atoms with Crippen molar-refractivity contribution < 1.29 is 9.59 Å². The Balaban J connectivity index is 1.85. The van der Waals surface area contributed by atoms with E-state index in [9.17, 15) is 9.59 Å². The summed E-state index contributed by atoms with van der Waals surface area (Å²) in [4.78, 5) is 24.1. The number of alkyl halides is 2. The van der Waals surface area contributed by atoms with Crippen LogP contribution in [0.5, 0.6) is 0 Å². The summed E-state index contributed by atoms with van der Waals surface area (Å²) in [5.74, 6) is -0.268. The fourth-order valence-electron chi connectivity index (χ4n) is 2.73. The lowest BCUT2D eigenvalue weighted by Crippen LogP contribution is -2.32. The van der Waals surface area contributed by atoms with Crippen LogP contribution in [0.25, 0.3) is 0 Å². The van der Waals surface area contributed by atoms with Gasteiger partial charge in [-0.05, 0) is 36.8 Å². The molecule has 3 nitrogen and oxygen atoms in total. The number of hydrogen-bond acceptors (Lipinski definition) is 2. The van der Waals surface area contributed by atoms with Crippen LogP contribution in [0.2, 0.25) is 0 Å². The molecule has 2 aromatic rings. The van der Waals surface area contributed by atoms with Crippen molar-refractivity contribution in [2.45, 2.75) is 23.1 Å². The zero-order valence-corrected chi connectivity index (χ0v) is 14.0. The van der Waals surface area contributed by atoms with E-state index in [0.717, 1.165) is 5.56 Å². The summed E-state index contributed by atoms with van der Waals surface area (Å²) < 4.78 is -1.11. The van der Waals surface area contributed by atoms with Gasteiger partial charge in [-0.1, -0.05) is 30.3 Å². The fraction of sp³-hybridized carbons (Fsp3) is 0.222. The normalized spacial score (nSPS) is 21.5. The average molecular weight is 348 g/mol. The molecule has 1 atom stereocenters. The molecule has 0 aliphatic heterocycles. The van der Waals surface area contributed by atoms with Gasteiger partial charge in [-0.15, -0.1) is 23.2 Å². The molecule has 0 unspecified atom stereocenters. The first-order valence-electron chi connectivity index (χ1n) is 7.23. The molecule has 1 aliphatic carbocycles. The minimum absolute atomic E-state index is 0.0219. The molecule has 1 saturated carbocycles. The first-order valence-corrected chi connectivity index (χ1v) is 7.98. The van der Waals surface area contributed by atoms with Gasteiger partial charge in [-0.25, -0.2) is 0 Å². The molecule has 0 spiro atoms. The number of amides is 1. The molecule has 0 bridgehead atoms. The monoisotopic (exact) mass is 347 g/mol. The molecule has 1 N–H and O–H groups in total. The van der Waals surface area contributed by atoms with Crippen molar-refractivity contribution in [2.75, 3.05) is 5.32 Å². The van der Waals surface area contributed by atoms with Crippen molar-refractivity contribution in [2.24, 2.45) is 0 Å². The zero-order valence-electron chi connectivity index (χ0n) is 12.5. The SMILES string of the molecule is CC(=O)c1ccc(NC(=O)[C@@]2(c3ccccc3)CC2(Cl)Cl)cc1. The molecule has 0 saturated heterocycles. The first-order chi connectivity index (χ1) is 10.9. The van der Waals surface area contributed by atoms with Gasteiger partial charge in [-0.3, -0.25) is 9.59 Å². The average Bonchev–Trinajstić information content (AvgIpc) is 3.13. The highest BCUT2D eigenvalue weighted by atomic mass is 35.5. The Kier molecular flexibility index (Phi) is 3.95. The molecule has 0 radical (unpaired) electrons. The van der Waals surface area contributed by atoms with Crippen LogP contribution in [-0.4, -0.2) is 16.0 Å². The summed E-state index contributed by atoms with van der Waals surface area (Å²) in [5, 5.41) is 2.85. The molecule has 2 aromatic carbocycles. The summed E-state index contributed by atoms with van der Waals surface area (Å²) in [6.45, 7) is 1.50. The van der Waals surface area contributed by atoms with Gasteiger partial charge in [0.05, 0.1) is 0 Å². The van der Waals surface area contributed by atoms with Crippen LogP contribution < -0.4 is 5.32 Å². The molecule has 118 valence electrons. The number of anilines is 1. The summed E-state index contributed by atoms with van der Waals surface area (Å²) in [6.07, 6.45) is 0.366. The maximum Gasteiger partial charge on any atom is 0.238 e. The molecule has 0 heterocycles. The van der Waals surface area contributed by atoms with Gasteiger partial charge < -0.3 is 5.32 Å². The smallest absolute Gasteiger partial charge is 0.238 e. The largest absolute Gasteiger partial charge is 0.325 e. The van der Waals surface area contributed by atoms with Crippen molar-refractivity contribution in [3.05, 3.63) is 65.7 Å². The van der Waals surface area contributed by atoms with Crippen LogP contribution in [0.15, 0.2) is 54.6 Å². The third-order valence-electron chi connectivity index (χ3n) is 4.19. The van der Waals surface area contributed by atoms with E-state index in [2.05, 4.69) is 5.32 Å².